The maximum absolute atomic E-state index is 12.9. The fourth-order valence-corrected chi connectivity index (χ4v) is 5.76. The topological polar surface area (TPSA) is 97.4 Å². The highest BCUT2D eigenvalue weighted by atomic mass is 32.2. The normalized spacial score (nSPS) is 14.5. The summed E-state index contributed by atoms with van der Waals surface area (Å²) in [6.07, 6.45) is 5.40. The third-order valence-electron chi connectivity index (χ3n) is 5.21. The zero-order chi connectivity index (χ0) is 21.8. The van der Waals surface area contributed by atoms with E-state index in [1.54, 1.807) is 24.4 Å². The molecule has 1 amide bonds. The van der Waals surface area contributed by atoms with E-state index in [1.165, 1.54) is 30.6 Å². The number of ether oxygens (including phenoxy) is 1. The van der Waals surface area contributed by atoms with Crippen molar-refractivity contribution in [3.8, 4) is 16.3 Å². The molecule has 31 heavy (non-hydrogen) atoms. The standard InChI is InChI=1S/C22H23N3O4S2/c1-29-19-11-8-16(14-20(19)31(27,28)25-18-4-2-3-5-18)21(26)24-17-9-6-15(7-10-17)22-23-12-13-30-22/h6-14,18,25H,2-5H2,1H3,(H,24,26). The molecule has 162 valence electrons. The first-order chi connectivity index (χ1) is 15.0. The minimum Gasteiger partial charge on any atom is -0.495 e. The molecule has 1 aliphatic carbocycles. The molecular formula is C22H23N3O4S2. The van der Waals surface area contributed by atoms with E-state index in [1.807, 2.05) is 17.5 Å². The van der Waals surface area contributed by atoms with Crippen LogP contribution in [0.25, 0.3) is 10.6 Å². The summed E-state index contributed by atoms with van der Waals surface area (Å²) in [6.45, 7) is 0. The van der Waals surface area contributed by atoms with Gasteiger partial charge in [0.1, 0.15) is 15.7 Å². The number of sulfonamides is 1. The van der Waals surface area contributed by atoms with E-state index in [9.17, 15) is 13.2 Å². The average Bonchev–Trinajstić information content (AvgIpc) is 3.48. The number of hydrogen-bond acceptors (Lipinski definition) is 6. The van der Waals surface area contributed by atoms with Crippen molar-refractivity contribution in [2.75, 3.05) is 12.4 Å². The lowest BCUT2D eigenvalue weighted by Crippen LogP contribution is -2.33. The molecule has 0 unspecified atom stereocenters. The van der Waals surface area contributed by atoms with E-state index >= 15 is 0 Å². The molecule has 0 spiro atoms. The van der Waals surface area contributed by atoms with Crippen molar-refractivity contribution >= 4 is 33.0 Å². The Morgan fingerprint density at radius 2 is 1.87 bits per heavy atom. The van der Waals surface area contributed by atoms with Crippen molar-refractivity contribution in [2.24, 2.45) is 0 Å². The Balaban J connectivity index is 1.53. The van der Waals surface area contributed by atoms with Gasteiger partial charge in [0.05, 0.1) is 7.11 Å². The van der Waals surface area contributed by atoms with Gasteiger partial charge >= 0.3 is 0 Å². The van der Waals surface area contributed by atoms with Gasteiger partial charge < -0.3 is 10.1 Å². The Morgan fingerprint density at radius 3 is 2.52 bits per heavy atom. The number of thiazole rings is 1. The molecule has 2 N–H and O–H groups in total. The molecule has 0 saturated heterocycles. The maximum Gasteiger partial charge on any atom is 0.255 e. The molecule has 0 bridgehead atoms. The van der Waals surface area contributed by atoms with E-state index in [0.717, 1.165) is 36.3 Å². The molecule has 1 aromatic heterocycles. The number of nitrogens with zero attached hydrogens (tertiary/aromatic N) is 1. The van der Waals surface area contributed by atoms with Crippen LogP contribution in [0, 0.1) is 0 Å². The third kappa shape index (κ3) is 4.95. The highest BCUT2D eigenvalue weighted by Crippen LogP contribution is 2.28. The summed E-state index contributed by atoms with van der Waals surface area (Å²) >= 11 is 1.54. The molecule has 0 radical (unpaired) electrons. The highest BCUT2D eigenvalue weighted by molar-refractivity contribution is 7.89. The number of methoxy groups -OCH3 is 1. The first kappa shape index (κ1) is 21.5. The molecule has 1 aliphatic rings. The second kappa shape index (κ2) is 9.17. The monoisotopic (exact) mass is 457 g/mol. The van der Waals surface area contributed by atoms with Gasteiger partial charge in [-0.2, -0.15) is 0 Å². The lowest BCUT2D eigenvalue weighted by Gasteiger charge is -2.16. The smallest absolute Gasteiger partial charge is 0.255 e. The van der Waals surface area contributed by atoms with Gasteiger partial charge in [0.2, 0.25) is 10.0 Å². The van der Waals surface area contributed by atoms with Crippen LogP contribution in [0.4, 0.5) is 5.69 Å². The van der Waals surface area contributed by atoms with Crippen LogP contribution in [0.1, 0.15) is 36.0 Å². The number of carbonyl (C=O) groups is 1. The summed E-state index contributed by atoms with van der Waals surface area (Å²) in [5.74, 6) is -0.197. The first-order valence-electron chi connectivity index (χ1n) is 9.98. The van der Waals surface area contributed by atoms with E-state index in [4.69, 9.17) is 4.74 Å². The predicted molar refractivity (Wildman–Crippen MR) is 121 cm³/mol. The number of amides is 1. The zero-order valence-corrected chi connectivity index (χ0v) is 18.6. The van der Waals surface area contributed by atoms with Crippen molar-refractivity contribution < 1.29 is 17.9 Å². The summed E-state index contributed by atoms with van der Waals surface area (Å²) in [7, 11) is -2.40. The summed E-state index contributed by atoms with van der Waals surface area (Å²) in [4.78, 5) is 17.0. The summed E-state index contributed by atoms with van der Waals surface area (Å²) < 4.78 is 33.8. The number of aromatic nitrogens is 1. The van der Waals surface area contributed by atoms with Crippen molar-refractivity contribution in [1.82, 2.24) is 9.71 Å². The number of hydrogen-bond donors (Lipinski definition) is 2. The molecule has 1 saturated carbocycles. The molecule has 0 atom stereocenters. The van der Waals surface area contributed by atoms with E-state index < -0.39 is 15.9 Å². The summed E-state index contributed by atoms with van der Waals surface area (Å²) in [5.41, 5.74) is 1.80. The van der Waals surface area contributed by atoms with E-state index in [-0.39, 0.29) is 22.3 Å². The van der Waals surface area contributed by atoms with E-state index in [2.05, 4.69) is 15.0 Å². The molecule has 0 aliphatic heterocycles. The van der Waals surface area contributed by atoms with Gasteiger partial charge in [-0.05, 0) is 55.3 Å². The number of rotatable bonds is 7. The van der Waals surface area contributed by atoms with Crippen LogP contribution in [0.3, 0.4) is 0 Å². The van der Waals surface area contributed by atoms with Crippen LogP contribution in [0.5, 0.6) is 5.75 Å². The molecule has 2 aromatic carbocycles. The van der Waals surface area contributed by atoms with Gasteiger partial charge in [0.15, 0.2) is 0 Å². The van der Waals surface area contributed by atoms with Crippen molar-refractivity contribution in [2.45, 2.75) is 36.6 Å². The van der Waals surface area contributed by atoms with Gasteiger partial charge in [-0.1, -0.05) is 12.8 Å². The van der Waals surface area contributed by atoms with E-state index in [0.29, 0.717) is 5.69 Å². The molecule has 1 heterocycles. The van der Waals surface area contributed by atoms with Crippen LogP contribution in [-0.2, 0) is 10.0 Å². The fourth-order valence-electron chi connectivity index (χ4n) is 3.62. The Hall–Kier alpha value is -2.75. The molecule has 1 fully saturated rings. The molecule has 4 rings (SSSR count). The minimum atomic E-state index is -3.81. The average molecular weight is 458 g/mol. The van der Waals surface area contributed by atoms with Crippen LogP contribution in [-0.4, -0.2) is 32.5 Å². The lowest BCUT2D eigenvalue weighted by molar-refractivity contribution is 0.102. The maximum atomic E-state index is 12.9. The van der Waals surface area contributed by atoms with Crippen molar-refractivity contribution in [3.63, 3.8) is 0 Å². The van der Waals surface area contributed by atoms with Gasteiger partial charge in [0, 0.05) is 34.4 Å². The summed E-state index contributed by atoms with van der Waals surface area (Å²) in [5, 5.41) is 5.61. The zero-order valence-electron chi connectivity index (χ0n) is 17.0. The number of benzene rings is 2. The quantitative estimate of drug-likeness (QED) is 0.552. The Labute approximate surface area is 185 Å². The molecular weight excluding hydrogens is 434 g/mol. The second-order valence-corrected chi connectivity index (χ2v) is 9.91. The van der Waals surface area contributed by atoms with Crippen molar-refractivity contribution in [3.05, 3.63) is 59.6 Å². The molecule has 3 aromatic rings. The first-order valence-corrected chi connectivity index (χ1v) is 12.3. The number of anilines is 1. The van der Waals surface area contributed by atoms with Crippen LogP contribution >= 0.6 is 11.3 Å². The fraction of sp³-hybridized carbons (Fsp3) is 0.273. The van der Waals surface area contributed by atoms with Crippen LogP contribution in [0.15, 0.2) is 58.9 Å². The summed E-state index contributed by atoms with van der Waals surface area (Å²) in [6, 6.07) is 11.7. The number of nitrogens with one attached hydrogen (secondary N) is 2. The molecule has 9 heteroatoms. The Kier molecular flexibility index (Phi) is 6.35. The number of carbonyl (C=O) groups excluding carboxylic acids is 1. The minimum absolute atomic E-state index is 0.0336. The van der Waals surface area contributed by atoms with Gasteiger partial charge in [-0.25, -0.2) is 18.1 Å². The van der Waals surface area contributed by atoms with Gasteiger partial charge in [-0.15, -0.1) is 11.3 Å². The lowest BCUT2D eigenvalue weighted by atomic mass is 10.2. The van der Waals surface area contributed by atoms with Crippen molar-refractivity contribution in [1.29, 1.82) is 0 Å². The van der Waals surface area contributed by atoms with Gasteiger partial charge in [-0.3, -0.25) is 4.79 Å². The van der Waals surface area contributed by atoms with Gasteiger partial charge in [0.25, 0.3) is 5.91 Å². The Morgan fingerprint density at radius 1 is 1.13 bits per heavy atom. The molecule has 7 nitrogen and oxygen atoms in total. The van der Waals surface area contributed by atoms with Crippen LogP contribution < -0.4 is 14.8 Å². The predicted octanol–water partition coefficient (Wildman–Crippen LogP) is 4.29. The van der Waals surface area contributed by atoms with Crippen LogP contribution in [0.2, 0.25) is 0 Å². The largest absolute Gasteiger partial charge is 0.495 e. The highest BCUT2D eigenvalue weighted by Gasteiger charge is 2.26. The Bertz CT molecular complexity index is 1150. The third-order valence-corrected chi connectivity index (χ3v) is 7.58. The SMILES string of the molecule is COc1ccc(C(=O)Nc2ccc(-c3nccs3)cc2)cc1S(=O)(=O)NC1CCCC1. The second-order valence-electron chi connectivity index (χ2n) is 7.34.